The zero-order valence-electron chi connectivity index (χ0n) is 10.5. The van der Waals surface area contributed by atoms with Gasteiger partial charge in [0.25, 0.3) is 0 Å². The highest BCUT2D eigenvalue weighted by atomic mass is 35.5. The summed E-state index contributed by atoms with van der Waals surface area (Å²) in [5.74, 6) is 0.240. The number of aromatic nitrogens is 3. The first-order valence-electron chi connectivity index (χ1n) is 6.03. The number of anilines is 1. The molecule has 0 bridgehead atoms. The van der Waals surface area contributed by atoms with Crippen LogP contribution < -0.4 is 5.73 Å². The number of nitrogens with two attached hydrogens (primary N) is 1. The Morgan fingerprint density at radius 3 is 1.95 bits per heavy atom. The third-order valence-corrected chi connectivity index (χ3v) is 3.11. The maximum absolute atomic E-state index is 5.89. The van der Waals surface area contributed by atoms with E-state index < -0.39 is 0 Å². The fourth-order valence-corrected chi connectivity index (χ4v) is 2.03. The van der Waals surface area contributed by atoms with Gasteiger partial charge in [-0.3, -0.25) is 4.98 Å². The molecule has 0 aliphatic heterocycles. The Balaban J connectivity index is 2.09. The molecule has 0 atom stereocenters. The first-order chi connectivity index (χ1) is 9.72. The lowest BCUT2D eigenvalue weighted by atomic mass is 10.1. The van der Waals surface area contributed by atoms with Crippen molar-refractivity contribution in [2.75, 3.05) is 5.73 Å². The average Bonchev–Trinajstić information content (AvgIpc) is 2.48. The highest BCUT2D eigenvalue weighted by molar-refractivity contribution is 6.30. The number of pyridine rings is 1. The lowest BCUT2D eigenvalue weighted by Crippen LogP contribution is -1.98. The molecule has 4 nitrogen and oxygen atoms in total. The first-order valence-corrected chi connectivity index (χ1v) is 6.41. The van der Waals surface area contributed by atoms with E-state index in [1.54, 1.807) is 12.4 Å². The molecule has 2 N–H and O–H groups in total. The molecule has 1 aromatic carbocycles. The van der Waals surface area contributed by atoms with E-state index in [1.165, 1.54) is 0 Å². The number of benzene rings is 1. The molecule has 5 heteroatoms. The quantitative estimate of drug-likeness (QED) is 0.782. The normalized spacial score (nSPS) is 10.4. The van der Waals surface area contributed by atoms with E-state index in [0.29, 0.717) is 5.02 Å². The zero-order valence-corrected chi connectivity index (χ0v) is 11.2. The molecule has 2 aromatic heterocycles. The number of nitrogens with zero attached hydrogens (tertiary/aromatic N) is 3. The van der Waals surface area contributed by atoms with Crippen LogP contribution in [0.15, 0.2) is 54.9 Å². The Bertz CT molecular complexity index is 727. The largest absolute Gasteiger partial charge is 0.368 e. The highest BCUT2D eigenvalue weighted by Gasteiger charge is 2.06. The van der Waals surface area contributed by atoms with Crippen LogP contribution in [-0.4, -0.2) is 15.0 Å². The van der Waals surface area contributed by atoms with E-state index >= 15 is 0 Å². The number of hydrogen-bond donors (Lipinski definition) is 1. The van der Waals surface area contributed by atoms with Crippen LogP contribution in [0, 0.1) is 0 Å². The van der Waals surface area contributed by atoms with Crippen LogP contribution in [0.4, 0.5) is 5.95 Å². The van der Waals surface area contributed by atoms with Gasteiger partial charge in [0.1, 0.15) is 0 Å². The summed E-state index contributed by atoms with van der Waals surface area (Å²) in [5, 5.41) is 0.685. The molecule has 0 aliphatic rings. The summed E-state index contributed by atoms with van der Waals surface area (Å²) in [5.41, 5.74) is 9.23. The zero-order chi connectivity index (χ0) is 13.9. The van der Waals surface area contributed by atoms with E-state index in [9.17, 15) is 0 Å². The minimum absolute atomic E-state index is 0.240. The molecule has 0 fully saturated rings. The Kier molecular flexibility index (Phi) is 3.31. The SMILES string of the molecule is Nc1nc(-c2ccncc2)cc(-c2ccc(Cl)cc2)n1. The lowest BCUT2D eigenvalue weighted by Gasteiger charge is -2.06. The molecule has 98 valence electrons. The summed E-state index contributed by atoms with van der Waals surface area (Å²) in [6.45, 7) is 0. The second kappa shape index (κ2) is 5.27. The van der Waals surface area contributed by atoms with E-state index in [-0.39, 0.29) is 5.95 Å². The van der Waals surface area contributed by atoms with Crippen LogP contribution >= 0.6 is 11.6 Å². The molecule has 0 spiro atoms. The van der Waals surface area contributed by atoms with E-state index in [2.05, 4.69) is 15.0 Å². The summed E-state index contributed by atoms with van der Waals surface area (Å²) in [4.78, 5) is 12.5. The topological polar surface area (TPSA) is 64.7 Å². The molecule has 0 aliphatic carbocycles. The van der Waals surface area contributed by atoms with Gasteiger partial charge in [-0.15, -0.1) is 0 Å². The van der Waals surface area contributed by atoms with Crippen LogP contribution in [0.5, 0.6) is 0 Å². The second-order valence-corrected chi connectivity index (χ2v) is 4.68. The molecule has 3 rings (SSSR count). The van der Waals surface area contributed by atoms with Gasteiger partial charge in [-0.1, -0.05) is 23.7 Å². The lowest BCUT2D eigenvalue weighted by molar-refractivity contribution is 1.19. The van der Waals surface area contributed by atoms with Crippen LogP contribution in [0.2, 0.25) is 5.02 Å². The van der Waals surface area contributed by atoms with Crippen LogP contribution in [-0.2, 0) is 0 Å². The summed E-state index contributed by atoms with van der Waals surface area (Å²) >= 11 is 5.89. The van der Waals surface area contributed by atoms with E-state index in [1.807, 2.05) is 42.5 Å². The fraction of sp³-hybridized carbons (Fsp3) is 0. The van der Waals surface area contributed by atoms with Gasteiger partial charge in [0, 0.05) is 28.5 Å². The molecule has 0 saturated heterocycles. The summed E-state index contributed by atoms with van der Waals surface area (Å²) in [6, 6.07) is 13.1. The van der Waals surface area contributed by atoms with Gasteiger partial charge in [-0.05, 0) is 30.3 Å². The number of rotatable bonds is 2. The fourth-order valence-electron chi connectivity index (χ4n) is 1.90. The van der Waals surface area contributed by atoms with E-state index in [4.69, 9.17) is 17.3 Å². The monoisotopic (exact) mass is 282 g/mol. The van der Waals surface area contributed by atoms with Crippen molar-refractivity contribution >= 4 is 17.5 Å². The smallest absolute Gasteiger partial charge is 0.221 e. The van der Waals surface area contributed by atoms with Gasteiger partial charge in [0.05, 0.1) is 11.4 Å². The molecule has 3 aromatic rings. The second-order valence-electron chi connectivity index (χ2n) is 4.24. The van der Waals surface area contributed by atoms with Crippen LogP contribution in [0.1, 0.15) is 0 Å². The third kappa shape index (κ3) is 2.60. The van der Waals surface area contributed by atoms with Gasteiger partial charge in [-0.2, -0.15) is 0 Å². The Hall–Kier alpha value is -2.46. The molecule has 2 heterocycles. The number of hydrogen-bond acceptors (Lipinski definition) is 4. The van der Waals surface area contributed by atoms with Gasteiger partial charge >= 0.3 is 0 Å². The maximum atomic E-state index is 5.89. The molecule has 0 unspecified atom stereocenters. The van der Waals surface area contributed by atoms with Crippen molar-refractivity contribution in [1.82, 2.24) is 15.0 Å². The standard InChI is InChI=1S/C15H11ClN4/c16-12-3-1-10(2-4-12)13-9-14(20-15(17)19-13)11-5-7-18-8-6-11/h1-9H,(H2,17,19,20). The number of halogens is 1. The van der Waals surface area contributed by atoms with Gasteiger partial charge in [-0.25, -0.2) is 9.97 Å². The van der Waals surface area contributed by atoms with Crippen LogP contribution in [0.25, 0.3) is 22.5 Å². The minimum atomic E-state index is 0.240. The van der Waals surface area contributed by atoms with Crippen molar-refractivity contribution in [3.05, 3.63) is 59.9 Å². The highest BCUT2D eigenvalue weighted by Crippen LogP contribution is 2.25. The number of nitrogen functional groups attached to an aromatic ring is 1. The Labute approximate surface area is 121 Å². The summed E-state index contributed by atoms with van der Waals surface area (Å²) in [7, 11) is 0. The Morgan fingerprint density at radius 2 is 1.35 bits per heavy atom. The van der Waals surface area contributed by atoms with Crippen molar-refractivity contribution in [2.24, 2.45) is 0 Å². The molecule has 0 amide bonds. The first kappa shape index (κ1) is 12.6. The Morgan fingerprint density at radius 1 is 0.800 bits per heavy atom. The molecule has 0 radical (unpaired) electrons. The van der Waals surface area contributed by atoms with Crippen molar-refractivity contribution in [3.63, 3.8) is 0 Å². The van der Waals surface area contributed by atoms with Crippen LogP contribution in [0.3, 0.4) is 0 Å². The molecular formula is C15H11ClN4. The van der Waals surface area contributed by atoms with Gasteiger partial charge < -0.3 is 5.73 Å². The van der Waals surface area contributed by atoms with Crippen molar-refractivity contribution in [2.45, 2.75) is 0 Å². The van der Waals surface area contributed by atoms with Crippen molar-refractivity contribution in [3.8, 4) is 22.5 Å². The average molecular weight is 283 g/mol. The molecular weight excluding hydrogens is 272 g/mol. The maximum Gasteiger partial charge on any atom is 0.221 e. The molecule has 20 heavy (non-hydrogen) atoms. The predicted molar refractivity (Wildman–Crippen MR) is 80.1 cm³/mol. The summed E-state index contributed by atoms with van der Waals surface area (Å²) in [6.07, 6.45) is 3.44. The predicted octanol–water partition coefficient (Wildman–Crippen LogP) is 3.44. The van der Waals surface area contributed by atoms with Gasteiger partial charge in [0.15, 0.2) is 0 Å². The minimum Gasteiger partial charge on any atom is -0.368 e. The van der Waals surface area contributed by atoms with E-state index in [0.717, 1.165) is 22.5 Å². The summed E-state index contributed by atoms with van der Waals surface area (Å²) < 4.78 is 0. The van der Waals surface area contributed by atoms with Crippen molar-refractivity contribution < 1.29 is 0 Å². The third-order valence-electron chi connectivity index (χ3n) is 2.86. The van der Waals surface area contributed by atoms with Crippen molar-refractivity contribution in [1.29, 1.82) is 0 Å². The molecule has 0 saturated carbocycles. The van der Waals surface area contributed by atoms with Gasteiger partial charge in [0.2, 0.25) is 5.95 Å².